The fourth-order valence-electron chi connectivity index (χ4n) is 4.52. The molecule has 0 aliphatic carbocycles. The number of carbonyl (C=O) groups excluding carboxylic acids is 1. The lowest BCUT2D eigenvalue weighted by molar-refractivity contribution is -0.112. The van der Waals surface area contributed by atoms with Gasteiger partial charge in [-0.2, -0.15) is 0 Å². The number of hydrogen-bond donors (Lipinski definition) is 1. The van der Waals surface area contributed by atoms with E-state index in [1.807, 2.05) is 30.3 Å². The first-order chi connectivity index (χ1) is 17.3. The number of nitrogens with zero attached hydrogens (tertiary/aromatic N) is 1. The van der Waals surface area contributed by atoms with E-state index in [4.69, 9.17) is 13.9 Å². The number of carbonyl (C=O) groups is 1. The molecule has 5 rings (SSSR count). The van der Waals surface area contributed by atoms with Gasteiger partial charge < -0.3 is 19.2 Å². The lowest BCUT2D eigenvalue weighted by atomic mass is 10.0. The summed E-state index contributed by atoms with van der Waals surface area (Å²) < 4.78 is 45.1. The summed E-state index contributed by atoms with van der Waals surface area (Å²) in [6.45, 7) is 5.26. The van der Waals surface area contributed by atoms with Crippen LogP contribution in [-0.2, 0) is 14.8 Å². The molecule has 9 heteroatoms. The Bertz CT molecular complexity index is 1680. The number of rotatable bonds is 6. The van der Waals surface area contributed by atoms with E-state index in [9.17, 15) is 13.2 Å². The smallest absolute Gasteiger partial charge is 0.270 e. The van der Waals surface area contributed by atoms with Gasteiger partial charge in [0.25, 0.3) is 15.9 Å². The summed E-state index contributed by atoms with van der Waals surface area (Å²) in [6, 6.07) is 16.1. The number of anilines is 2. The van der Waals surface area contributed by atoms with Crippen molar-refractivity contribution in [3.63, 3.8) is 0 Å². The average Bonchev–Trinajstić information content (AvgIpc) is 3.23. The first-order valence-electron chi connectivity index (χ1n) is 11.1. The molecule has 0 saturated heterocycles. The predicted molar refractivity (Wildman–Crippen MR) is 141 cm³/mol. The molecule has 184 valence electrons. The first kappa shape index (κ1) is 23.5. The number of fused-ring (bicyclic) bond motifs is 4. The van der Waals surface area contributed by atoms with Gasteiger partial charge in [-0.15, -0.1) is 6.58 Å². The lowest BCUT2D eigenvalue weighted by Crippen LogP contribution is -2.39. The van der Waals surface area contributed by atoms with Gasteiger partial charge in [0.05, 0.1) is 26.5 Å². The number of para-hydroxylation sites is 1. The molecule has 3 aromatic carbocycles. The van der Waals surface area contributed by atoms with E-state index in [2.05, 4.69) is 11.9 Å². The lowest BCUT2D eigenvalue weighted by Gasteiger charge is -2.32. The van der Waals surface area contributed by atoms with Gasteiger partial charge in [-0.3, -0.25) is 9.10 Å². The standard InChI is InChI=1S/C27H24N2O6S/c1-5-12-29-21-15-25(34-4)24(33-3)14-20(21)16(2)26(36(29,31)32)27(30)28-17-10-11-19-18-8-6-7-9-22(18)35-23(19)13-17/h5-11,13-15H,1,12H2,2-4H3,(H,28,30). The summed E-state index contributed by atoms with van der Waals surface area (Å²) in [4.78, 5) is 13.1. The predicted octanol–water partition coefficient (Wildman–Crippen LogP) is 5.31. The third-order valence-corrected chi connectivity index (χ3v) is 8.13. The highest BCUT2D eigenvalue weighted by Gasteiger charge is 2.40. The quantitative estimate of drug-likeness (QED) is 0.358. The summed E-state index contributed by atoms with van der Waals surface area (Å²) in [5.41, 5.74) is 2.95. The molecule has 36 heavy (non-hydrogen) atoms. The van der Waals surface area contributed by atoms with Crippen LogP contribution in [-0.4, -0.2) is 35.1 Å². The van der Waals surface area contributed by atoms with Gasteiger partial charge in [-0.25, -0.2) is 8.42 Å². The Morgan fingerprint density at radius 1 is 1.03 bits per heavy atom. The number of hydrogen-bond acceptors (Lipinski definition) is 6. The van der Waals surface area contributed by atoms with Gasteiger partial charge in [0, 0.05) is 34.2 Å². The van der Waals surface area contributed by atoms with Crippen molar-refractivity contribution in [2.75, 3.05) is 30.4 Å². The summed E-state index contributed by atoms with van der Waals surface area (Å²) in [5.74, 6) is 0.0429. The van der Waals surface area contributed by atoms with Crippen LogP contribution in [0.3, 0.4) is 0 Å². The van der Waals surface area contributed by atoms with Crippen LogP contribution in [0.4, 0.5) is 11.4 Å². The number of furan rings is 1. The van der Waals surface area contributed by atoms with E-state index in [1.165, 1.54) is 20.3 Å². The van der Waals surface area contributed by atoms with Crippen molar-refractivity contribution in [3.8, 4) is 11.5 Å². The number of sulfonamides is 1. The largest absolute Gasteiger partial charge is 0.493 e. The van der Waals surface area contributed by atoms with E-state index in [1.54, 1.807) is 31.2 Å². The molecular formula is C27H24N2O6S. The number of allylic oxidation sites excluding steroid dienone is 1. The fraction of sp³-hybridized carbons (Fsp3) is 0.148. The highest BCUT2D eigenvalue weighted by Crippen LogP contribution is 2.45. The second-order valence-electron chi connectivity index (χ2n) is 8.27. The molecule has 0 unspecified atom stereocenters. The van der Waals surface area contributed by atoms with Crippen molar-refractivity contribution >= 4 is 54.8 Å². The average molecular weight is 505 g/mol. The zero-order valence-electron chi connectivity index (χ0n) is 20.0. The number of ether oxygens (including phenoxy) is 2. The highest BCUT2D eigenvalue weighted by atomic mass is 32.2. The molecule has 0 atom stereocenters. The summed E-state index contributed by atoms with van der Waals surface area (Å²) in [6.07, 6.45) is 1.46. The van der Waals surface area contributed by atoms with Gasteiger partial charge in [0.1, 0.15) is 11.2 Å². The van der Waals surface area contributed by atoms with Gasteiger partial charge in [-0.1, -0.05) is 24.3 Å². The van der Waals surface area contributed by atoms with Crippen LogP contribution in [0.2, 0.25) is 0 Å². The van der Waals surface area contributed by atoms with Crippen LogP contribution in [0.25, 0.3) is 27.5 Å². The third-order valence-electron chi connectivity index (χ3n) is 6.20. The van der Waals surface area contributed by atoms with Crippen LogP contribution >= 0.6 is 0 Å². The van der Waals surface area contributed by atoms with Gasteiger partial charge >= 0.3 is 0 Å². The molecule has 4 aromatic rings. The Morgan fingerprint density at radius 3 is 2.44 bits per heavy atom. The zero-order chi connectivity index (χ0) is 25.6. The van der Waals surface area contributed by atoms with Crippen LogP contribution in [0.15, 0.2) is 76.6 Å². The Labute approximate surface area is 208 Å². The molecular weight excluding hydrogens is 480 g/mol. The number of benzene rings is 3. The van der Waals surface area contributed by atoms with Gasteiger partial charge in [0.15, 0.2) is 16.4 Å². The van der Waals surface area contributed by atoms with Crippen LogP contribution in [0.1, 0.15) is 12.5 Å². The third kappa shape index (κ3) is 3.59. The second-order valence-corrected chi connectivity index (χ2v) is 10.1. The Kier molecular flexibility index (Phi) is 5.72. The number of methoxy groups -OCH3 is 2. The molecule has 0 spiro atoms. The molecule has 1 N–H and O–H groups in total. The minimum atomic E-state index is -4.21. The maximum absolute atomic E-state index is 13.7. The SMILES string of the molecule is C=CCN1c2cc(OC)c(OC)cc2C(C)=C(C(=O)Nc2ccc3c(c2)oc2ccccc23)S1(=O)=O. The molecule has 2 heterocycles. The summed E-state index contributed by atoms with van der Waals surface area (Å²) in [7, 11) is -1.24. The Balaban J connectivity index is 1.60. The van der Waals surface area contributed by atoms with Crippen LogP contribution < -0.4 is 19.1 Å². The normalized spacial score (nSPS) is 14.6. The minimum Gasteiger partial charge on any atom is -0.493 e. The molecule has 1 aromatic heterocycles. The van der Waals surface area contributed by atoms with Crippen LogP contribution in [0, 0.1) is 0 Å². The monoisotopic (exact) mass is 504 g/mol. The molecule has 0 radical (unpaired) electrons. The summed E-state index contributed by atoms with van der Waals surface area (Å²) in [5, 5.41) is 4.59. The van der Waals surface area contributed by atoms with E-state index in [0.29, 0.717) is 39.6 Å². The highest BCUT2D eigenvalue weighted by molar-refractivity contribution is 7.97. The molecule has 1 amide bonds. The van der Waals surface area contributed by atoms with Crippen molar-refractivity contribution < 1.29 is 27.1 Å². The minimum absolute atomic E-state index is 0.0280. The van der Waals surface area contributed by atoms with E-state index in [-0.39, 0.29) is 11.4 Å². The number of amides is 1. The second kappa shape index (κ2) is 8.76. The molecule has 1 aliphatic heterocycles. The van der Waals surface area contributed by atoms with Gasteiger partial charge in [-0.05, 0) is 36.8 Å². The maximum atomic E-state index is 13.7. The maximum Gasteiger partial charge on any atom is 0.270 e. The van der Waals surface area contributed by atoms with E-state index in [0.717, 1.165) is 20.7 Å². The van der Waals surface area contributed by atoms with E-state index < -0.39 is 15.9 Å². The molecule has 0 fully saturated rings. The Morgan fingerprint density at radius 2 is 1.72 bits per heavy atom. The molecule has 0 saturated carbocycles. The number of nitrogens with one attached hydrogen (secondary N) is 1. The van der Waals surface area contributed by atoms with Crippen molar-refractivity contribution in [1.82, 2.24) is 0 Å². The van der Waals surface area contributed by atoms with Crippen molar-refractivity contribution in [3.05, 3.63) is 77.7 Å². The topological polar surface area (TPSA) is 98.1 Å². The molecule has 1 aliphatic rings. The van der Waals surface area contributed by atoms with Crippen molar-refractivity contribution in [2.24, 2.45) is 0 Å². The van der Waals surface area contributed by atoms with E-state index >= 15 is 0 Å². The first-order valence-corrected chi connectivity index (χ1v) is 12.6. The fourth-order valence-corrected chi connectivity index (χ4v) is 6.24. The Hall–Kier alpha value is -4.24. The van der Waals surface area contributed by atoms with Crippen molar-refractivity contribution in [2.45, 2.75) is 6.92 Å². The molecule has 8 nitrogen and oxygen atoms in total. The van der Waals surface area contributed by atoms with Crippen LogP contribution in [0.5, 0.6) is 11.5 Å². The zero-order valence-corrected chi connectivity index (χ0v) is 20.8. The summed E-state index contributed by atoms with van der Waals surface area (Å²) >= 11 is 0. The van der Waals surface area contributed by atoms with Crippen molar-refractivity contribution in [1.29, 1.82) is 0 Å². The molecule has 0 bridgehead atoms. The van der Waals surface area contributed by atoms with Gasteiger partial charge in [0.2, 0.25) is 0 Å².